The molecule has 0 saturated carbocycles. The quantitative estimate of drug-likeness (QED) is 0.590. The van der Waals surface area contributed by atoms with Crippen LogP contribution in [-0.2, 0) is 27.8 Å². The predicted octanol–water partition coefficient (Wildman–Crippen LogP) is 3.63. The lowest BCUT2D eigenvalue weighted by Crippen LogP contribution is -2.24. The minimum atomic E-state index is -3.45. The number of hydrogen-bond acceptors (Lipinski definition) is 6. The first-order valence-electron chi connectivity index (χ1n) is 8.24. The summed E-state index contributed by atoms with van der Waals surface area (Å²) in [5, 5.41) is 6.03. The number of hydrogen-bond donors (Lipinski definition) is 1. The third-order valence-corrected chi connectivity index (χ3v) is 8.45. The molecule has 28 heavy (non-hydrogen) atoms. The number of carbonyl (C=O) groups is 1. The van der Waals surface area contributed by atoms with Crippen molar-refractivity contribution in [3.8, 4) is 10.6 Å². The van der Waals surface area contributed by atoms with E-state index in [1.54, 1.807) is 18.2 Å². The van der Waals surface area contributed by atoms with Crippen LogP contribution in [0, 0.1) is 0 Å². The summed E-state index contributed by atoms with van der Waals surface area (Å²) in [6, 6.07) is 10.7. The number of nitrogens with zero attached hydrogens (tertiary/aromatic N) is 2. The van der Waals surface area contributed by atoms with Gasteiger partial charge in [0.1, 0.15) is 9.22 Å². The summed E-state index contributed by atoms with van der Waals surface area (Å²) < 4.78 is 25.6. The van der Waals surface area contributed by atoms with Crippen molar-refractivity contribution in [2.45, 2.75) is 17.2 Å². The molecule has 0 atom stereocenters. The lowest BCUT2D eigenvalue weighted by atomic mass is 10.2. The van der Waals surface area contributed by atoms with Crippen molar-refractivity contribution in [1.29, 1.82) is 0 Å². The molecule has 0 spiro atoms. The van der Waals surface area contributed by atoms with Crippen LogP contribution in [0.4, 0.5) is 0 Å². The van der Waals surface area contributed by atoms with Crippen LogP contribution in [0.2, 0.25) is 5.02 Å². The summed E-state index contributed by atoms with van der Waals surface area (Å²) >= 11 is 8.77. The molecular weight excluding hydrogens is 438 g/mol. The maximum absolute atomic E-state index is 12.2. The molecule has 1 N–H and O–H groups in total. The lowest BCUT2D eigenvalue weighted by molar-refractivity contribution is -0.120. The zero-order valence-corrected chi connectivity index (χ0v) is 18.4. The standard InChI is InChI=1S/C18H18ClN3O3S3/c1-22(2)28(24,25)17-8-7-13(27-17)10-20-16(23)9-12-11-26-18(21-12)14-5-3-4-6-15(14)19/h3-8,11H,9-10H2,1-2H3,(H,20,23). The number of thiophene rings is 1. The number of thiazole rings is 1. The van der Waals surface area contributed by atoms with E-state index in [0.717, 1.165) is 26.8 Å². The van der Waals surface area contributed by atoms with Crippen LogP contribution in [-0.4, -0.2) is 37.7 Å². The summed E-state index contributed by atoms with van der Waals surface area (Å²) in [6.45, 7) is 0.272. The summed E-state index contributed by atoms with van der Waals surface area (Å²) in [4.78, 5) is 17.5. The largest absolute Gasteiger partial charge is 0.351 e. The van der Waals surface area contributed by atoms with Crippen molar-refractivity contribution in [3.63, 3.8) is 0 Å². The highest BCUT2D eigenvalue weighted by atomic mass is 35.5. The highest BCUT2D eigenvalue weighted by Crippen LogP contribution is 2.30. The van der Waals surface area contributed by atoms with Gasteiger partial charge in [0.15, 0.2) is 0 Å². The summed E-state index contributed by atoms with van der Waals surface area (Å²) in [5.74, 6) is -0.179. The second-order valence-electron chi connectivity index (χ2n) is 6.09. The van der Waals surface area contributed by atoms with Gasteiger partial charge in [0.05, 0.1) is 23.7 Å². The molecular formula is C18H18ClN3O3S3. The molecule has 0 fully saturated rings. The fraction of sp³-hybridized carbons (Fsp3) is 0.222. The van der Waals surface area contributed by atoms with Gasteiger partial charge < -0.3 is 5.32 Å². The van der Waals surface area contributed by atoms with Gasteiger partial charge in [0, 0.05) is 29.9 Å². The van der Waals surface area contributed by atoms with Gasteiger partial charge in [-0.1, -0.05) is 29.8 Å². The van der Waals surface area contributed by atoms with Gasteiger partial charge in [-0.3, -0.25) is 4.79 Å². The Labute approximate surface area is 176 Å². The minimum Gasteiger partial charge on any atom is -0.351 e. The van der Waals surface area contributed by atoms with E-state index in [0.29, 0.717) is 10.7 Å². The number of amides is 1. The van der Waals surface area contributed by atoms with E-state index < -0.39 is 10.0 Å². The Hall–Kier alpha value is -1.78. The van der Waals surface area contributed by atoms with Gasteiger partial charge in [-0.2, -0.15) is 0 Å². The van der Waals surface area contributed by atoms with Gasteiger partial charge in [0.25, 0.3) is 10.0 Å². The Morgan fingerprint density at radius 2 is 1.96 bits per heavy atom. The molecule has 0 aliphatic heterocycles. The van der Waals surface area contributed by atoms with Crippen molar-refractivity contribution < 1.29 is 13.2 Å². The molecule has 2 aromatic heterocycles. The first-order valence-corrected chi connectivity index (χ1v) is 11.8. The van der Waals surface area contributed by atoms with E-state index in [2.05, 4.69) is 10.3 Å². The molecule has 0 radical (unpaired) electrons. The normalized spacial score (nSPS) is 11.7. The van der Waals surface area contributed by atoms with E-state index in [1.807, 2.05) is 23.6 Å². The van der Waals surface area contributed by atoms with Crippen LogP contribution in [0.3, 0.4) is 0 Å². The first-order chi connectivity index (χ1) is 13.3. The maximum atomic E-state index is 12.2. The lowest BCUT2D eigenvalue weighted by Gasteiger charge is -2.08. The summed E-state index contributed by atoms with van der Waals surface area (Å²) in [6.07, 6.45) is 0.148. The number of benzene rings is 1. The molecule has 0 aliphatic rings. The van der Waals surface area contributed by atoms with Crippen LogP contribution in [0.1, 0.15) is 10.6 Å². The van der Waals surface area contributed by atoms with E-state index in [1.165, 1.54) is 29.7 Å². The molecule has 0 unspecified atom stereocenters. The summed E-state index contributed by atoms with van der Waals surface area (Å²) in [5.41, 5.74) is 1.51. The monoisotopic (exact) mass is 455 g/mol. The van der Waals surface area contributed by atoms with E-state index in [4.69, 9.17) is 11.6 Å². The van der Waals surface area contributed by atoms with E-state index in [-0.39, 0.29) is 23.1 Å². The molecule has 3 rings (SSSR count). The van der Waals surface area contributed by atoms with Crippen molar-refractivity contribution in [2.75, 3.05) is 14.1 Å². The van der Waals surface area contributed by atoms with Crippen LogP contribution >= 0.6 is 34.3 Å². The fourth-order valence-corrected chi connectivity index (χ4v) is 5.94. The Morgan fingerprint density at radius 3 is 2.68 bits per heavy atom. The number of carbonyl (C=O) groups excluding carboxylic acids is 1. The smallest absolute Gasteiger partial charge is 0.252 e. The number of rotatable bonds is 7. The van der Waals surface area contributed by atoms with Gasteiger partial charge in [0.2, 0.25) is 5.91 Å². The Bertz CT molecular complexity index is 1090. The molecule has 148 valence electrons. The van der Waals surface area contributed by atoms with Gasteiger partial charge in [-0.25, -0.2) is 17.7 Å². The average molecular weight is 456 g/mol. The molecule has 0 saturated heterocycles. The molecule has 2 heterocycles. The first kappa shape index (κ1) is 20.9. The number of aromatic nitrogens is 1. The fourth-order valence-electron chi connectivity index (χ4n) is 2.33. The Kier molecular flexibility index (Phi) is 6.51. The molecule has 0 bridgehead atoms. The number of sulfonamides is 1. The Balaban J connectivity index is 1.59. The Morgan fingerprint density at radius 1 is 1.21 bits per heavy atom. The highest BCUT2D eigenvalue weighted by molar-refractivity contribution is 7.91. The van der Waals surface area contributed by atoms with Crippen LogP contribution in [0.15, 0.2) is 46.0 Å². The maximum Gasteiger partial charge on any atom is 0.252 e. The number of halogens is 1. The second kappa shape index (κ2) is 8.71. The molecule has 1 aromatic carbocycles. The van der Waals surface area contributed by atoms with Crippen molar-refractivity contribution in [1.82, 2.24) is 14.6 Å². The van der Waals surface area contributed by atoms with Gasteiger partial charge in [-0.05, 0) is 18.2 Å². The summed E-state index contributed by atoms with van der Waals surface area (Å²) in [7, 11) is -0.476. The van der Waals surface area contributed by atoms with E-state index >= 15 is 0 Å². The van der Waals surface area contributed by atoms with Crippen molar-refractivity contribution in [3.05, 3.63) is 57.4 Å². The third kappa shape index (κ3) is 4.79. The van der Waals surface area contributed by atoms with Crippen molar-refractivity contribution >= 4 is 50.2 Å². The topological polar surface area (TPSA) is 79.4 Å². The van der Waals surface area contributed by atoms with E-state index in [9.17, 15) is 13.2 Å². The van der Waals surface area contributed by atoms with Crippen molar-refractivity contribution in [2.24, 2.45) is 0 Å². The third-order valence-electron chi connectivity index (χ3n) is 3.83. The molecule has 6 nitrogen and oxygen atoms in total. The van der Waals surface area contributed by atoms with Gasteiger partial charge >= 0.3 is 0 Å². The molecule has 1 amide bonds. The number of nitrogens with one attached hydrogen (secondary N) is 1. The average Bonchev–Trinajstić information content (AvgIpc) is 3.30. The molecule has 10 heteroatoms. The van der Waals surface area contributed by atoms with Crippen LogP contribution in [0.5, 0.6) is 0 Å². The zero-order chi connectivity index (χ0) is 20.3. The van der Waals surface area contributed by atoms with Gasteiger partial charge in [-0.15, -0.1) is 22.7 Å². The predicted molar refractivity (Wildman–Crippen MR) is 113 cm³/mol. The molecule has 3 aromatic rings. The van der Waals surface area contributed by atoms with Crippen LogP contribution in [0.25, 0.3) is 10.6 Å². The SMILES string of the molecule is CN(C)S(=O)(=O)c1ccc(CNC(=O)Cc2csc(-c3ccccc3Cl)n2)s1. The highest BCUT2D eigenvalue weighted by Gasteiger charge is 2.19. The second-order valence-corrected chi connectivity index (χ2v) is 10.9. The zero-order valence-electron chi connectivity index (χ0n) is 15.2. The molecule has 0 aliphatic carbocycles. The minimum absolute atomic E-state index is 0.148. The van der Waals surface area contributed by atoms with Crippen LogP contribution < -0.4 is 5.32 Å².